The molecule has 0 spiro atoms. The van der Waals surface area contributed by atoms with Crippen molar-refractivity contribution in [1.29, 1.82) is 0 Å². The summed E-state index contributed by atoms with van der Waals surface area (Å²) in [5.74, 6) is -0.101. The molecule has 1 aliphatic carbocycles. The Kier molecular flexibility index (Phi) is 6.81. The molecule has 3 aromatic rings. The number of carbonyl (C=O) groups excluding carboxylic acids is 1. The van der Waals surface area contributed by atoms with Gasteiger partial charge in [0.15, 0.2) is 0 Å². The van der Waals surface area contributed by atoms with Crippen molar-refractivity contribution < 1.29 is 17.9 Å². The summed E-state index contributed by atoms with van der Waals surface area (Å²) in [7, 11) is -0.947. The number of amides is 1. The van der Waals surface area contributed by atoms with E-state index < -0.39 is 10.0 Å². The number of nitrogens with one attached hydrogen (secondary N) is 1. The van der Waals surface area contributed by atoms with E-state index in [1.165, 1.54) is 36.2 Å². The van der Waals surface area contributed by atoms with E-state index in [0.717, 1.165) is 30.4 Å². The van der Waals surface area contributed by atoms with Gasteiger partial charge in [-0.05, 0) is 54.2 Å². The van der Waals surface area contributed by atoms with Gasteiger partial charge in [-0.25, -0.2) is 8.42 Å². The number of sulfonamides is 1. The van der Waals surface area contributed by atoms with Crippen LogP contribution in [0.2, 0.25) is 0 Å². The fourth-order valence-electron chi connectivity index (χ4n) is 4.26. The van der Waals surface area contributed by atoms with Crippen molar-refractivity contribution in [1.82, 2.24) is 9.62 Å². The van der Waals surface area contributed by atoms with Crippen LogP contribution < -0.4 is 10.1 Å². The maximum absolute atomic E-state index is 13.4. The third-order valence-electron chi connectivity index (χ3n) is 6.04. The number of aryl methyl sites for hydroxylation is 1. The minimum Gasteiger partial charge on any atom is -0.495 e. The van der Waals surface area contributed by atoms with E-state index in [-0.39, 0.29) is 34.7 Å². The molecule has 3 aromatic carbocycles. The van der Waals surface area contributed by atoms with E-state index in [2.05, 4.69) is 11.4 Å². The number of carbonyl (C=O) groups is 1. The average Bonchev–Trinajstić information content (AvgIpc) is 2.84. The minimum atomic E-state index is -3.89. The summed E-state index contributed by atoms with van der Waals surface area (Å²) >= 11 is 0. The number of nitrogens with zero attached hydrogens (tertiary/aromatic N) is 1. The van der Waals surface area contributed by atoms with E-state index in [9.17, 15) is 13.2 Å². The highest BCUT2D eigenvalue weighted by atomic mass is 32.2. The molecule has 0 fully saturated rings. The zero-order chi connectivity index (χ0) is 23.4. The molecule has 1 aliphatic rings. The van der Waals surface area contributed by atoms with Crippen molar-refractivity contribution >= 4 is 15.9 Å². The second-order valence-corrected chi connectivity index (χ2v) is 10.2. The Morgan fingerprint density at radius 1 is 1.06 bits per heavy atom. The van der Waals surface area contributed by atoms with Gasteiger partial charge in [0.1, 0.15) is 10.6 Å². The van der Waals surface area contributed by atoms with Gasteiger partial charge in [0.2, 0.25) is 10.0 Å². The normalized spacial score (nSPS) is 15.7. The second-order valence-electron chi connectivity index (χ2n) is 8.23. The van der Waals surface area contributed by atoms with Crippen LogP contribution in [0, 0.1) is 0 Å². The molecule has 0 unspecified atom stereocenters. The van der Waals surface area contributed by atoms with Crippen LogP contribution in [-0.4, -0.2) is 32.8 Å². The van der Waals surface area contributed by atoms with Crippen molar-refractivity contribution in [3.63, 3.8) is 0 Å². The van der Waals surface area contributed by atoms with Gasteiger partial charge in [-0.3, -0.25) is 4.79 Å². The predicted molar refractivity (Wildman–Crippen MR) is 128 cm³/mol. The maximum atomic E-state index is 13.4. The van der Waals surface area contributed by atoms with E-state index >= 15 is 0 Å². The summed E-state index contributed by atoms with van der Waals surface area (Å²) in [6, 6.07) is 21.9. The van der Waals surface area contributed by atoms with Gasteiger partial charge in [0.25, 0.3) is 5.91 Å². The molecule has 0 heterocycles. The van der Waals surface area contributed by atoms with Crippen LogP contribution in [0.4, 0.5) is 0 Å². The van der Waals surface area contributed by atoms with Crippen LogP contribution in [-0.2, 0) is 23.0 Å². The first-order chi connectivity index (χ1) is 15.9. The summed E-state index contributed by atoms with van der Waals surface area (Å²) in [6.45, 7) is 0.210. The molecule has 0 bridgehead atoms. The molecule has 7 heteroatoms. The van der Waals surface area contributed by atoms with Crippen LogP contribution in [0.3, 0.4) is 0 Å². The van der Waals surface area contributed by atoms with E-state index in [4.69, 9.17) is 4.74 Å². The van der Waals surface area contributed by atoms with Gasteiger partial charge in [0, 0.05) is 19.2 Å². The molecule has 1 atom stereocenters. The third kappa shape index (κ3) is 4.94. The Labute approximate surface area is 195 Å². The molecule has 0 aliphatic heterocycles. The van der Waals surface area contributed by atoms with Crippen LogP contribution >= 0.6 is 0 Å². The minimum absolute atomic E-state index is 0.0277. The van der Waals surface area contributed by atoms with Gasteiger partial charge >= 0.3 is 0 Å². The highest BCUT2D eigenvalue weighted by Gasteiger charge is 2.27. The topological polar surface area (TPSA) is 75.7 Å². The Bertz CT molecular complexity index is 1240. The molecule has 6 nitrogen and oxygen atoms in total. The zero-order valence-electron chi connectivity index (χ0n) is 18.8. The fourth-order valence-corrected chi connectivity index (χ4v) is 5.59. The molecule has 172 valence electrons. The van der Waals surface area contributed by atoms with Crippen LogP contribution in [0.25, 0.3) is 0 Å². The lowest BCUT2D eigenvalue weighted by atomic mass is 9.87. The Morgan fingerprint density at radius 3 is 2.55 bits per heavy atom. The molecular weight excluding hydrogens is 436 g/mol. The van der Waals surface area contributed by atoms with E-state index in [1.54, 1.807) is 6.07 Å². The number of hydrogen-bond acceptors (Lipinski definition) is 4. The monoisotopic (exact) mass is 464 g/mol. The van der Waals surface area contributed by atoms with Crippen LogP contribution in [0.1, 0.15) is 45.9 Å². The number of rotatable bonds is 7. The molecule has 0 saturated heterocycles. The SMILES string of the molecule is COc1ccc(C(=O)N[C@@H]2CCCc3ccccc32)cc1S(=O)(=O)N(C)Cc1ccccc1. The maximum Gasteiger partial charge on any atom is 0.251 e. The Hall–Kier alpha value is -3.16. The van der Waals surface area contributed by atoms with Crippen molar-refractivity contribution in [2.75, 3.05) is 14.2 Å². The van der Waals surface area contributed by atoms with Crippen molar-refractivity contribution in [2.24, 2.45) is 0 Å². The number of ether oxygens (including phenoxy) is 1. The molecule has 0 radical (unpaired) electrons. The summed E-state index contributed by atoms with van der Waals surface area (Å²) in [4.78, 5) is 13.1. The lowest BCUT2D eigenvalue weighted by Crippen LogP contribution is -2.31. The van der Waals surface area contributed by atoms with E-state index in [0.29, 0.717) is 0 Å². The summed E-state index contributed by atoms with van der Waals surface area (Å²) in [6.07, 6.45) is 2.85. The second kappa shape index (κ2) is 9.77. The van der Waals surface area contributed by atoms with E-state index in [1.807, 2.05) is 48.5 Å². The lowest BCUT2D eigenvalue weighted by Gasteiger charge is -2.26. The molecular formula is C26H28N2O4S. The standard InChI is InChI=1S/C26H28N2O4S/c1-28(18-19-9-4-3-5-10-19)33(30,31)25-17-21(15-16-24(25)32-2)26(29)27-23-14-8-12-20-11-6-7-13-22(20)23/h3-7,9-11,13,15-17,23H,8,12,14,18H2,1-2H3,(H,27,29)/t23-/m1/s1. The Balaban J connectivity index is 1.59. The Morgan fingerprint density at radius 2 is 1.79 bits per heavy atom. The number of hydrogen-bond donors (Lipinski definition) is 1. The molecule has 33 heavy (non-hydrogen) atoms. The smallest absolute Gasteiger partial charge is 0.251 e. The van der Waals surface area contributed by atoms with Crippen molar-refractivity contribution in [3.05, 3.63) is 95.1 Å². The fraction of sp³-hybridized carbons (Fsp3) is 0.269. The lowest BCUT2D eigenvalue weighted by molar-refractivity contribution is 0.0932. The van der Waals surface area contributed by atoms with Gasteiger partial charge in [-0.2, -0.15) is 4.31 Å². The number of fused-ring (bicyclic) bond motifs is 1. The van der Waals surface area contributed by atoms with Crippen LogP contribution in [0.15, 0.2) is 77.7 Å². The molecule has 1 N–H and O–H groups in total. The molecule has 0 saturated carbocycles. The van der Waals surface area contributed by atoms with Gasteiger partial charge in [0.05, 0.1) is 13.2 Å². The average molecular weight is 465 g/mol. The highest BCUT2D eigenvalue weighted by Crippen LogP contribution is 2.31. The summed E-state index contributed by atoms with van der Waals surface area (Å²) < 4.78 is 33.3. The zero-order valence-corrected chi connectivity index (χ0v) is 19.6. The number of methoxy groups -OCH3 is 1. The first kappa shape index (κ1) is 23.0. The van der Waals surface area contributed by atoms with Gasteiger partial charge < -0.3 is 10.1 Å². The number of benzene rings is 3. The first-order valence-corrected chi connectivity index (χ1v) is 12.4. The van der Waals surface area contributed by atoms with Crippen LogP contribution in [0.5, 0.6) is 5.75 Å². The summed E-state index contributed by atoms with van der Waals surface area (Å²) in [5.41, 5.74) is 3.52. The molecule has 1 amide bonds. The van der Waals surface area contributed by atoms with Gasteiger partial charge in [-0.1, -0.05) is 54.6 Å². The molecule has 0 aromatic heterocycles. The van der Waals surface area contributed by atoms with Crippen molar-refractivity contribution in [2.45, 2.75) is 36.7 Å². The van der Waals surface area contributed by atoms with Gasteiger partial charge in [-0.15, -0.1) is 0 Å². The highest BCUT2D eigenvalue weighted by molar-refractivity contribution is 7.89. The third-order valence-corrected chi connectivity index (χ3v) is 7.86. The first-order valence-electron chi connectivity index (χ1n) is 11.0. The largest absolute Gasteiger partial charge is 0.495 e. The van der Waals surface area contributed by atoms with Crippen molar-refractivity contribution in [3.8, 4) is 5.75 Å². The predicted octanol–water partition coefficient (Wildman–Crippen LogP) is 4.32. The molecule has 4 rings (SSSR count). The summed E-state index contributed by atoms with van der Waals surface area (Å²) in [5, 5.41) is 3.09. The quantitative estimate of drug-likeness (QED) is 0.565.